The van der Waals surface area contributed by atoms with E-state index in [2.05, 4.69) is 20.4 Å². The van der Waals surface area contributed by atoms with Crippen LogP contribution in [0.5, 0.6) is 5.75 Å². The van der Waals surface area contributed by atoms with Crippen molar-refractivity contribution in [2.24, 2.45) is 0 Å². The molecular weight excluding hydrogens is 435 g/mol. The van der Waals surface area contributed by atoms with Crippen molar-refractivity contribution >= 4 is 17.4 Å². The molecule has 4 aromatic rings. The van der Waals surface area contributed by atoms with Crippen LogP contribution in [-0.4, -0.2) is 32.6 Å². The molecule has 10 heteroatoms. The van der Waals surface area contributed by atoms with Crippen molar-refractivity contribution < 1.29 is 22.7 Å². The fourth-order valence-electron chi connectivity index (χ4n) is 3.37. The Hall–Kier alpha value is -3.95. The number of aromatic nitrogens is 4. The largest absolute Gasteiger partial charge is 0.497 e. The number of carbonyl (C=O) groups is 1. The summed E-state index contributed by atoms with van der Waals surface area (Å²) in [6.07, 6.45) is -4.74. The lowest BCUT2D eigenvalue weighted by atomic mass is 10.0. The maximum absolute atomic E-state index is 13.8. The summed E-state index contributed by atoms with van der Waals surface area (Å²) in [5.74, 6) is -0.802. The molecule has 2 aromatic heterocycles. The van der Waals surface area contributed by atoms with Crippen LogP contribution in [0.1, 0.15) is 41.6 Å². The average Bonchev–Trinajstić information content (AvgIpc) is 3.22. The number of hydrogen-bond donors (Lipinski definition) is 1. The highest BCUT2D eigenvalue weighted by Crippen LogP contribution is 2.32. The molecule has 170 valence electrons. The molecule has 0 unspecified atom stereocenters. The first-order valence-corrected chi connectivity index (χ1v) is 10.1. The molecule has 0 atom stereocenters. The van der Waals surface area contributed by atoms with Gasteiger partial charge in [-0.3, -0.25) is 4.79 Å². The van der Waals surface area contributed by atoms with Gasteiger partial charge in [-0.1, -0.05) is 32.0 Å². The van der Waals surface area contributed by atoms with Crippen molar-refractivity contribution in [2.45, 2.75) is 25.9 Å². The molecular formula is C23H20F3N5O2. The summed E-state index contributed by atoms with van der Waals surface area (Å²) in [5, 5.41) is 6.49. The number of anilines is 1. The number of rotatable bonds is 5. The number of benzene rings is 2. The molecule has 0 aliphatic heterocycles. The van der Waals surface area contributed by atoms with Crippen LogP contribution in [0.15, 0.2) is 54.6 Å². The number of para-hydroxylation sites is 1. The molecule has 2 aromatic carbocycles. The Bertz CT molecular complexity index is 1310. The van der Waals surface area contributed by atoms with E-state index in [0.29, 0.717) is 21.5 Å². The Labute approximate surface area is 187 Å². The third-order valence-electron chi connectivity index (χ3n) is 5.02. The zero-order valence-corrected chi connectivity index (χ0v) is 18.0. The predicted octanol–water partition coefficient (Wildman–Crippen LogP) is 5.19. The van der Waals surface area contributed by atoms with Gasteiger partial charge in [0.1, 0.15) is 5.75 Å². The highest BCUT2D eigenvalue weighted by molar-refractivity contribution is 6.02. The van der Waals surface area contributed by atoms with Gasteiger partial charge in [-0.05, 0) is 47.9 Å². The number of nitrogens with one attached hydrogen (secondary N) is 1. The van der Waals surface area contributed by atoms with E-state index in [0.717, 1.165) is 11.6 Å². The van der Waals surface area contributed by atoms with Crippen molar-refractivity contribution in [3.05, 3.63) is 71.7 Å². The molecule has 2 heterocycles. The minimum absolute atomic E-state index is 0.0435. The van der Waals surface area contributed by atoms with Crippen molar-refractivity contribution in [3.63, 3.8) is 0 Å². The minimum atomic E-state index is -4.74. The van der Waals surface area contributed by atoms with Crippen molar-refractivity contribution in [1.82, 2.24) is 19.6 Å². The van der Waals surface area contributed by atoms with Gasteiger partial charge in [0.2, 0.25) is 5.82 Å². The second-order valence-electron chi connectivity index (χ2n) is 7.60. The number of fused-ring (bicyclic) bond motifs is 1. The highest BCUT2D eigenvalue weighted by Gasteiger charge is 2.36. The van der Waals surface area contributed by atoms with Gasteiger partial charge in [-0.2, -0.15) is 22.7 Å². The number of alkyl halides is 3. The van der Waals surface area contributed by atoms with Crippen LogP contribution < -0.4 is 10.1 Å². The number of methoxy groups -OCH3 is 1. The lowest BCUT2D eigenvalue weighted by Gasteiger charge is -2.12. The highest BCUT2D eigenvalue weighted by atomic mass is 19.4. The lowest BCUT2D eigenvalue weighted by molar-refractivity contribution is -0.142. The third kappa shape index (κ3) is 4.50. The Kier molecular flexibility index (Phi) is 5.75. The fraction of sp³-hybridized carbons (Fsp3) is 0.217. The zero-order chi connectivity index (χ0) is 23.8. The first-order valence-electron chi connectivity index (χ1n) is 10.1. The molecule has 33 heavy (non-hydrogen) atoms. The molecule has 0 saturated carbocycles. The molecule has 0 saturated heterocycles. The van der Waals surface area contributed by atoms with E-state index in [1.165, 1.54) is 7.11 Å². The van der Waals surface area contributed by atoms with Crippen LogP contribution in [-0.2, 0) is 6.18 Å². The van der Waals surface area contributed by atoms with Gasteiger partial charge in [0.05, 0.1) is 12.8 Å². The number of carbonyl (C=O) groups excluding carboxylic acids is 1. The van der Waals surface area contributed by atoms with Gasteiger partial charge < -0.3 is 10.1 Å². The zero-order valence-electron chi connectivity index (χ0n) is 18.0. The summed E-state index contributed by atoms with van der Waals surface area (Å²) < 4.78 is 47.0. The molecule has 0 fully saturated rings. The molecule has 1 amide bonds. The van der Waals surface area contributed by atoms with Crippen LogP contribution >= 0.6 is 0 Å². The van der Waals surface area contributed by atoms with E-state index in [4.69, 9.17) is 4.74 Å². The normalized spacial score (nSPS) is 11.7. The maximum Gasteiger partial charge on any atom is 0.433 e. The monoisotopic (exact) mass is 455 g/mol. The first kappa shape index (κ1) is 22.3. The van der Waals surface area contributed by atoms with Crippen molar-refractivity contribution in [1.29, 1.82) is 0 Å². The fourth-order valence-corrected chi connectivity index (χ4v) is 3.37. The van der Waals surface area contributed by atoms with Gasteiger partial charge >= 0.3 is 6.18 Å². The van der Waals surface area contributed by atoms with Gasteiger partial charge in [0, 0.05) is 11.3 Å². The van der Waals surface area contributed by atoms with Crippen molar-refractivity contribution in [2.75, 3.05) is 12.4 Å². The summed E-state index contributed by atoms with van der Waals surface area (Å²) in [7, 11) is 1.49. The molecule has 7 nitrogen and oxygen atoms in total. The summed E-state index contributed by atoms with van der Waals surface area (Å²) in [6, 6.07) is 14.4. The number of amides is 1. The molecule has 0 aliphatic rings. The second kappa shape index (κ2) is 8.53. The minimum Gasteiger partial charge on any atom is -0.497 e. The number of hydrogen-bond acceptors (Lipinski definition) is 5. The quantitative estimate of drug-likeness (QED) is 0.448. The Morgan fingerprint density at radius 1 is 1.06 bits per heavy atom. The molecule has 0 radical (unpaired) electrons. The Morgan fingerprint density at radius 3 is 2.39 bits per heavy atom. The molecule has 0 aliphatic carbocycles. The molecule has 1 N–H and O–H groups in total. The van der Waals surface area contributed by atoms with Crippen molar-refractivity contribution in [3.8, 4) is 17.0 Å². The lowest BCUT2D eigenvalue weighted by Crippen LogP contribution is -2.16. The standard InChI is InChI=1S/C23H20F3N5O2/c1-13(2)16-6-4-5-7-17(16)27-21(32)20-29-22-28-18(14-8-10-15(33-3)11-9-14)12-19(23(24,25)26)31(22)30-20/h4-13H,1-3H3,(H,27,32). The topological polar surface area (TPSA) is 81.4 Å². The van der Waals surface area contributed by atoms with E-state index >= 15 is 0 Å². The number of ether oxygens (including phenoxy) is 1. The van der Waals surface area contributed by atoms with E-state index in [9.17, 15) is 18.0 Å². The van der Waals surface area contributed by atoms with Gasteiger partial charge in [-0.25, -0.2) is 4.98 Å². The van der Waals surface area contributed by atoms with E-state index in [1.54, 1.807) is 36.4 Å². The van der Waals surface area contributed by atoms with Crippen LogP contribution in [0.4, 0.5) is 18.9 Å². The van der Waals surface area contributed by atoms with Gasteiger partial charge in [0.25, 0.3) is 11.7 Å². The third-order valence-corrected chi connectivity index (χ3v) is 5.02. The smallest absolute Gasteiger partial charge is 0.433 e. The molecule has 0 bridgehead atoms. The molecule has 0 spiro atoms. The summed E-state index contributed by atoms with van der Waals surface area (Å²) >= 11 is 0. The van der Waals surface area contributed by atoms with Crippen LogP contribution in [0.3, 0.4) is 0 Å². The summed E-state index contributed by atoms with van der Waals surface area (Å²) in [5.41, 5.74) is 0.808. The summed E-state index contributed by atoms with van der Waals surface area (Å²) in [4.78, 5) is 21.0. The van der Waals surface area contributed by atoms with E-state index < -0.39 is 23.6 Å². The number of halogens is 3. The first-order chi connectivity index (χ1) is 15.7. The average molecular weight is 455 g/mol. The SMILES string of the molecule is COc1ccc(-c2cc(C(F)(F)F)n3nc(C(=O)Nc4ccccc4C(C)C)nc3n2)cc1. The maximum atomic E-state index is 13.8. The van der Waals surface area contributed by atoms with E-state index in [1.807, 2.05) is 26.0 Å². The van der Waals surface area contributed by atoms with Crippen LogP contribution in [0, 0.1) is 0 Å². The van der Waals surface area contributed by atoms with Gasteiger partial charge in [-0.15, -0.1) is 5.10 Å². The molecule has 4 rings (SSSR count). The second-order valence-corrected chi connectivity index (χ2v) is 7.60. The summed E-state index contributed by atoms with van der Waals surface area (Å²) in [6.45, 7) is 3.93. The van der Waals surface area contributed by atoms with Crippen LogP contribution in [0.2, 0.25) is 0 Å². The van der Waals surface area contributed by atoms with E-state index in [-0.39, 0.29) is 17.4 Å². The van der Waals surface area contributed by atoms with Gasteiger partial charge in [0.15, 0.2) is 5.69 Å². The van der Waals surface area contributed by atoms with Crippen LogP contribution in [0.25, 0.3) is 17.0 Å². The predicted molar refractivity (Wildman–Crippen MR) is 116 cm³/mol. The Morgan fingerprint density at radius 2 is 1.76 bits per heavy atom. The number of nitrogens with zero attached hydrogens (tertiary/aromatic N) is 4. The Balaban J connectivity index is 1.76.